The van der Waals surface area contributed by atoms with Gasteiger partial charge in [0.25, 0.3) is 0 Å². The maximum atomic E-state index is 6.68. The number of fused-ring (bicyclic) bond motifs is 5. The molecule has 0 N–H and O–H groups in total. The van der Waals surface area contributed by atoms with Crippen LogP contribution in [0.15, 0.2) is 144 Å². The first-order chi connectivity index (χ1) is 20.3. The zero-order valence-corrected chi connectivity index (χ0v) is 22.0. The second-order valence-corrected chi connectivity index (χ2v) is 10.0. The zero-order valence-electron chi connectivity index (χ0n) is 22.0. The average molecular weight is 526 g/mol. The summed E-state index contributed by atoms with van der Waals surface area (Å²) in [5, 5.41) is 4.16. The van der Waals surface area contributed by atoms with E-state index >= 15 is 0 Å². The minimum absolute atomic E-state index is 0.629. The zero-order chi connectivity index (χ0) is 27.2. The first-order valence-corrected chi connectivity index (χ1v) is 13.6. The van der Waals surface area contributed by atoms with E-state index in [0.717, 1.165) is 60.5 Å². The summed E-state index contributed by atoms with van der Waals surface area (Å²) in [6.45, 7) is 0. The molecule has 2 aromatic heterocycles. The van der Waals surface area contributed by atoms with Crippen molar-refractivity contribution < 1.29 is 4.42 Å². The van der Waals surface area contributed by atoms with Crippen LogP contribution >= 0.6 is 0 Å². The molecule has 6 aromatic carbocycles. The van der Waals surface area contributed by atoms with E-state index in [0.29, 0.717) is 17.5 Å². The predicted octanol–water partition coefficient (Wildman–Crippen LogP) is 9.59. The molecule has 0 aliphatic carbocycles. The largest absolute Gasteiger partial charge is 0.455 e. The lowest BCUT2D eigenvalue weighted by Gasteiger charge is -2.11. The first kappa shape index (κ1) is 23.3. The summed E-state index contributed by atoms with van der Waals surface area (Å²) in [4.78, 5) is 15.0. The predicted molar refractivity (Wildman–Crippen MR) is 166 cm³/mol. The molecular formula is C37H23N3O. The lowest BCUT2D eigenvalue weighted by Crippen LogP contribution is -2.00. The van der Waals surface area contributed by atoms with Gasteiger partial charge in [-0.15, -0.1) is 0 Å². The fourth-order valence-corrected chi connectivity index (χ4v) is 5.58. The van der Waals surface area contributed by atoms with Gasteiger partial charge in [-0.25, -0.2) is 15.0 Å². The van der Waals surface area contributed by atoms with Crippen LogP contribution in [0.3, 0.4) is 0 Å². The highest BCUT2D eigenvalue weighted by Crippen LogP contribution is 2.42. The molecular weight excluding hydrogens is 502 g/mol. The smallest absolute Gasteiger partial charge is 0.164 e. The molecule has 0 aliphatic rings. The van der Waals surface area contributed by atoms with Gasteiger partial charge in [0.1, 0.15) is 11.2 Å². The van der Waals surface area contributed by atoms with E-state index in [1.165, 1.54) is 0 Å². The topological polar surface area (TPSA) is 51.8 Å². The molecule has 2 heterocycles. The monoisotopic (exact) mass is 525 g/mol. The number of benzene rings is 6. The summed E-state index contributed by atoms with van der Waals surface area (Å²) >= 11 is 0. The van der Waals surface area contributed by atoms with E-state index in [2.05, 4.69) is 66.7 Å². The molecule has 0 spiro atoms. The Bertz CT molecular complexity index is 2130. The molecule has 8 rings (SSSR count). The van der Waals surface area contributed by atoms with Gasteiger partial charge < -0.3 is 4.42 Å². The van der Waals surface area contributed by atoms with E-state index in [9.17, 15) is 0 Å². The molecule has 0 bridgehead atoms. The normalized spacial score (nSPS) is 11.4. The molecule has 0 saturated heterocycles. The van der Waals surface area contributed by atoms with Crippen molar-refractivity contribution in [2.45, 2.75) is 0 Å². The van der Waals surface area contributed by atoms with Crippen LogP contribution in [0, 0.1) is 0 Å². The Morgan fingerprint density at radius 1 is 0.341 bits per heavy atom. The standard InChI is InChI=1S/C37H23N3O/c1-4-13-24(14-5-1)27-21-12-22-30-31-23-32(28-19-10-11-20-29(28)34(31)41-33(27)30)37-39-35(25-15-6-2-7-16-25)38-36(40-37)26-17-8-3-9-18-26/h1-23H. The fraction of sp³-hybridized carbons (Fsp3) is 0. The van der Waals surface area contributed by atoms with Crippen molar-refractivity contribution in [1.82, 2.24) is 15.0 Å². The van der Waals surface area contributed by atoms with Crippen LogP contribution in [0.4, 0.5) is 0 Å². The van der Waals surface area contributed by atoms with E-state index < -0.39 is 0 Å². The van der Waals surface area contributed by atoms with E-state index in [1.54, 1.807) is 0 Å². The van der Waals surface area contributed by atoms with Gasteiger partial charge in [-0.2, -0.15) is 0 Å². The Labute approximate surface area is 236 Å². The molecule has 0 radical (unpaired) electrons. The van der Waals surface area contributed by atoms with Gasteiger partial charge in [-0.05, 0) is 17.0 Å². The van der Waals surface area contributed by atoms with Gasteiger partial charge in [-0.3, -0.25) is 0 Å². The van der Waals surface area contributed by atoms with Gasteiger partial charge in [-0.1, -0.05) is 133 Å². The fourth-order valence-electron chi connectivity index (χ4n) is 5.58. The lowest BCUT2D eigenvalue weighted by molar-refractivity contribution is 0.674. The van der Waals surface area contributed by atoms with Crippen molar-refractivity contribution in [2.24, 2.45) is 0 Å². The minimum Gasteiger partial charge on any atom is -0.455 e. The lowest BCUT2D eigenvalue weighted by atomic mass is 9.98. The van der Waals surface area contributed by atoms with Crippen LogP contribution in [0.25, 0.3) is 78.0 Å². The van der Waals surface area contributed by atoms with Gasteiger partial charge in [0.05, 0.1) is 0 Å². The molecule has 192 valence electrons. The number of furan rings is 1. The SMILES string of the molecule is c1ccc(-c2nc(-c3ccccc3)nc(-c3cc4c5cccc(-c6ccccc6)c5oc4c4ccccc34)n2)cc1. The van der Waals surface area contributed by atoms with Crippen molar-refractivity contribution in [1.29, 1.82) is 0 Å². The summed E-state index contributed by atoms with van der Waals surface area (Å²) < 4.78 is 6.68. The highest BCUT2D eigenvalue weighted by molar-refractivity contribution is 6.20. The maximum Gasteiger partial charge on any atom is 0.164 e. The third kappa shape index (κ3) is 3.97. The minimum atomic E-state index is 0.629. The molecule has 0 atom stereocenters. The second kappa shape index (κ2) is 9.54. The summed E-state index contributed by atoms with van der Waals surface area (Å²) in [5.41, 5.74) is 6.77. The van der Waals surface area contributed by atoms with Crippen molar-refractivity contribution in [3.8, 4) is 45.3 Å². The molecule has 0 unspecified atom stereocenters. The number of hydrogen-bond donors (Lipinski definition) is 0. The summed E-state index contributed by atoms with van der Waals surface area (Å²) in [5.74, 6) is 1.91. The molecule has 8 aromatic rings. The molecule has 0 amide bonds. The van der Waals surface area contributed by atoms with Crippen molar-refractivity contribution >= 4 is 32.7 Å². The van der Waals surface area contributed by atoms with Crippen LogP contribution < -0.4 is 0 Å². The highest BCUT2D eigenvalue weighted by Gasteiger charge is 2.20. The molecule has 4 heteroatoms. The molecule has 0 aliphatic heterocycles. The Morgan fingerprint density at radius 3 is 1.46 bits per heavy atom. The number of nitrogens with zero attached hydrogens (tertiary/aromatic N) is 3. The summed E-state index contributed by atoms with van der Waals surface area (Å²) in [7, 11) is 0. The van der Waals surface area contributed by atoms with E-state index in [4.69, 9.17) is 19.4 Å². The number of para-hydroxylation sites is 1. The van der Waals surface area contributed by atoms with Gasteiger partial charge in [0, 0.05) is 38.4 Å². The van der Waals surface area contributed by atoms with Crippen molar-refractivity contribution in [3.63, 3.8) is 0 Å². The van der Waals surface area contributed by atoms with E-state index in [1.807, 2.05) is 72.8 Å². The molecule has 4 nitrogen and oxygen atoms in total. The quantitative estimate of drug-likeness (QED) is 0.230. The highest BCUT2D eigenvalue weighted by atomic mass is 16.3. The number of rotatable bonds is 4. The number of hydrogen-bond acceptors (Lipinski definition) is 4. The van der Waals surface area contributed by atoms with Crippen molar-refractivity contribution in [2.75, 3.05) is 0 Å². The maximum absolute atomic E-state index is 6.68. The average Bonchev–Trinajstić information content (AvgIpc) is 3.44. The number of aromatic nitrogens is 3. The molecule has 41 heavy (non-hydrogen) atoms. The summed E-state index contributed by atoms with van der Waals surface area (Å²) in [6.07, 6.45) is 0. The Hall–Kier alpha value is -5.61. The third-order valence-electron chi connectivity index (χ3n) is 7.53. The van der Waals surface area contributed by atoms with Crippen LogP contribution in [0.2, 0.25) is 0 Å². The van der Waals surface area contributed by atoms with Crippen LogP contribution in [-0.2, 0) is 0 Å². The third-order valence-corrected chi connectivity index (χ3v) is 7.53. The van der Waals surface area contributed by atoms with Crippen molar-refractivity contribution in [3.05, 3.63) is 140 Å². The first-order valence-electron chi connectivity index (χ1n) is 13.6. The molecule has 0 fully saturated rings. The van der Waals surface area contributed by atoms with Gasteiger partial charge >= 0.3 is 0 Å². The molecule has 0 saturated carbocycles. The Kier molecular flexibility index (Phi) is 5.42. The Balaban J connectivity index is 1.44. The van der Waals surface area contributed by atoms with E-state index in [-0.39, 0.29) is 0 Å². The van der Waals surface area contributed by atoms with Crippen LogP contribution in [0.1, 0.15) is 0 Å². The van der Waals surface area contributed by atoms with Crippen LogP contribution in [0.5, 0.6) is 0 Å². The Morgan fingerprint density at radius 2 is 0.829 bits per heavy atom. The van der Waals surface area contributed by atoms with Gasteiger partial charge in [0.15, 0.2) is 17.5 Å². The second-order valence-electron chi connectivity index (χ2n) is 10.0. The summed E-state index contributed by atoms with van der Waals surface area (Å²) in [6, 6.07) is 47.4. The van der Waals surface area contributed by atoms with Gasteiger partial charge in [0.2, 0.25) is 0 Å². The van der Waals surface area contributed by atoms with Crippen LogP contribution in [-0.4, -0.2) is 15.0 Å².